The summed E-state index contributed by atoms with van der Waals surface area (Å²) in [4.78, 5) is 7.88. The number of ether oxygens (including phenoxy) is 1. The van der Waals surface area contributed by atoms with Gasteiger partial charge in [0.25, 0.3) is 0 Å². The number of nitrogens with two attached hydrogens (primary N) is 1. The van der Waals surface area contributed by atoms with Gasteiger partial charge in [0.2, 0.25) is 11.8 Å². The largest absolute Gasteiger partial charge is 0.481 e. The van der Waals surface area contributed by atoms with Gasteiger partial charge in [0.15, 0.2) is 5.82 Å². The van der Waals surface area contributed by atoms with Crippen molar-refractivity contribution in [2.45, 2.75) is 0 Å². The maximum atomic E-state index is 5.50. The summed E-state index contributed by atoms with van der Waals surface area (Å²) >= 11 is 0. The summed E-state index contributed by atoms with van der Waals surface area (Å²) in [6.07, 6.45) is 3.42. The van der Waals surface area contributed by atoms with Gasteiger partial charge in [0.05, 0.1) is 7.11 Å². The Labute approximate surface area is 80.4 Å². The Bertz CT molecular complexity index is 425. The van der Waals surface area contributed by atoms with Gasteiger partial charge in [-0.15, -0.1) is 0 Å². The van der Waals surface area contributed by atoms with Crippen molar-refractivity contribution in [3.8, 4) is 11.7 Å². The van der Waals surface area contributed by atoms with Crippen LogP contribution in [0.1, 0.15) is 0 Å². The molecule has 2 rings (SSSR count). The second-order valence-corrected chi connectivity index (χ2v) is 2.58. The smallest absolute Gasteiger partial charge is 0.225 e. The third kappa shape index (κ3) is 1.49. The number of methoxy groups -OCH3 is 1. The molecule has 0 fully saturated rings. The van der Waals surface area contributed by atoms with Crippen molar-refractivity contribution in [3.63, 3.8) is 0 Å². The van der Waals surface area contributed by atoms with Gasteiger partial charge in [-0.1, -0.05) is 0 Å². The van der Waals surface area contributed by atoms with Crippen LogP contribution in [0.2, 0.25) is 0 Å². The summed E-state index contributed by atoms with van der Waals surface area (Å²) in [6.45, 7) is 0. The summed E-state index contributed by atoms with van der Waals surface area (Å²) < 4.78 is 6.55. The lowest BCUT2D eigenvalue weighted by atomic mass is 10.5. The molecule has 2 aromatic rings. The van der Waals surface area contributed by atoms with Gasteiger partial charge in [0.1, 0.15) is 0 Å². The summed E-state index contributed by atoms with van der Waals surface area (Å²) in [5.41, 5.74) is 5.50. The molecule has 0 aliphatic carbocycles. The fourth-order valence-corrected chi connectivity index (χ4v) is 1.06. The van der Waals surface area contributed by atoms with Crippen LogP contribution in [0.15, 0.2) is 24.5 Å². The highest BCUT2D eigenvalue weighted by atomic mass is 16.5. The van der Waals surface area contributed by atoms with E-state index in [1.807, 2.05) is 0 Å². The second-order valence-electron chi connectivity index (χ2n) is 2.58. The predicted octanol–water partition coefficient (Wildman–Crippen LogP) is 0.253. The third-order valence-electron chi connectivity index (χ3n) is 1.65. The van der Waals surface area contributed by atoms with Gasteiger partial charge in [-0.2, -0.15) is 15.1 Å². The molecule has 0 amide bonds. The van der Waals surface area contributed by atoms with Crippen LogP contribution in [0.4, 0.5) is 5.95 Å². The van der Waals surface area contributed by atoms with Crippen molar-refractivity contribution in [1.82, 2.24) is 19.7 Å². The zero-order chi connectivity index (χ0) is 9.97. The average molecular weight is 191 g/mol. The minimum absolute atomic E-state index is 0.162. The molecular formula is C8H9N5O. The number of hydrogen-bond donors (Lipinski definition) is 1. The number of nitrogen functional groups attached to an aromatic ring is 1. The first-order valence-electron chi connectivity index (χ1n) is 3.98. The molecule has 0 aliphatic rings. The summed E-state index contributed by atoms with van der Waals surface area (Å²) in [5, 5.41) is 4.02. The summed E-state index contributed by atoms with van der Waals surface area (Å²) in [6, 6.07) is 3.45. The molecule has 2 N–H and O–H groups in total. The first-order chi connectivity index (χ1) is 6.79. The van der Waals surface area contributed by atoms with Crippen LogP contribution in [-0.2, 0) is 0 Å². The van der Waals surface area contributed by atoms with Gasteiger partial charge in [0, 0.05) is 18.5 Å². The van der Waals surface area contributed by atoms with E-state index in [1.165, 1.54) is 7.11 Å². The molecule has 14 heavy (non-hydrogen) atoms. The van der Waals surface area contributed by atoms with Crippen LogP contribution in [0.5, 0.6) is 5.88 Å². The average Bonchev–Trinajstić information content (AvgIpc) is 2.69. The van der Waals surface area contributed by atoms with Crippen LogP contribution < -0.4 is 10.5 Å². The SMILES string of the molecule is COc1cc(-n2cccn2)nc(N)n1. The Hall–Kier alpha value is -2.11. The first-order valence-corrected chi connectivity index (χ1v) is 3.98. The molecule has 0 spiro atoms. The van der Waals surface area contributed by atoms with E-state index in [1.54, 1.807) is 29.2 Å². The van der Waals surface area contributed by atoms with E-state index in [9.17, 15) is 0 Å². The van der Waals surface area contributed by atoms with Crippen LogP contribution in [0.3, 0.4) is 0 Å². The van der Waals surface area contributed by atoms with Crippen molar-refractivity contribution < 1.29 is 4.74 Å². The molecule has 0 bridgehead atoms. The third-order valence-corrected chi connectivity index (χ3v) is 1.65. The van der Waals surface area contributed by atoms with Gasteiger partial charge >= 0.3 is 0 Å². The molecule has 72 valence electrons. The van der Waals surface area contributed by atoms with E-state index in [0.717, 1.165) is 0 Å². The lowest BCUT2D eigenvalue weighted by molar-refractivity contribution is 0.397. The molecule has 2 aromatic heterocycles. The number of anilines is 1. The predicted molar refractivity (Wildman–Crippen MR) is 50.1 cm³/mol. The van der Waals surface area contributed by atoms with Crippen molar-refractivity contribution in [1.29, 1.82) is 0 Å². The zero-order valence-corrected chi connectivity index (χ0v) is 7.58. The molecule has 0 saturated carbocycles. The van der Waals surface area contributed by atoms with E-state index in [-0.39, 0.29) is 5.95 Å². The van der Waals surface area contributed by atoms with E-state index < -0.39 is 0 Å². The van der Waals surface area contributed by atoms with Gasteiger partial charge in [-0.3, -0.25) is 0 Å². The minimum atomic E-state index is 0.162. The van der Waals surface area contributed by atoms with Crippen LogP contribution >= 0.6 is 0 Å². The fourth-order valence-electron chi connectivity index (χ4n) is 1.06. The number of aromatic nitrogens is 4. The normalized spacial score (nSPS) is 10.1. The highest BCUT2D eigenvalue weighted by molar-refractivity contribution is 5.33. The monoisotopic (exact) mass is 191 g/mol. The number of nitrogens with zero attached hydrogens (tertiary/aromatic N) is 4. The minimum Gasteiger partial charge on any atom is -0.481 e. The van der Waals surface area contributed by atoms with Gasteiger partial charge < -0.3 is 10.5 Å². The second kappa shape index (κ2) is 3.33. The Kier molecular flexibility index (Phi) is 2.02. The maximum absolute atomic E-state index is 5.50. The van der Waals surface area contributed by atoms with Crippen LogP contribution in [-0.4, -0.2) is 26.9 Å². The Morgan fingerprint density at radius 1 is 1.43 bits per heavy atom. The lowest BCUT2D eigenvalue weighted by Gasteiger charge is -2.03. The van der Waals surface area contributed by atoms with E-state index in [0.29, 0.717) is 11.7 Å². The Morgan fingerprint density at radius 3 is 2.93 bits per heavy atom. The fraction of sp³-hybridized carbons (Fsp3) is 0.125. The van der Waals surface area contributed by atoms with E-state index in [2.05, 4.69) is 15.1 Å². The highest BCUT2D eigenvalue weighted by Gasteiger charge is 2.03. The molecule has 0 aromatic carbocycles. The molecule has 6 heteroatoms. The maximum Gasteiger partial charge on any atom is 0.225 e. The van der Waals surface area contributed by atoms with Crippen molar-refractivity contribution >= 4 is 5.95 Å². The van der Waals surface area contributed by atoms with Crippen LogP contribution in [0, 0.1) is 0 Å². The lowest BCUT2D eigenvalue weighted by Crippen LogP contribution is -2.04. The molecule has 0 aliphatic heterocycles. The van der Waals surface area contributed by atoms with Crippen LogP contribution in [0.25, 0.3) is 5.82 Å². The first kappa shape index (κ1) is 8.49. The van der Waals surface area contributed by atoms with Crippen molar-refractivity contribution in [2.24, 2.45) is 0 Å². The number of hydrogen-bond acceptors (Lipinski definition) is 5. The molecule has 2 heterocycles. The van der Waals surface area contributed by atoms with E-state index >= 15 is 0 Å². The van der Waals surface area contributed by atoms with Gasteiger partial charge in [-0.05, 0) is 6.07 Å². The topological polar surface area (TPSA) is 78.8 Å². The van der Waals surface area contributed by atoms with Crippen molar-refractivity contribution in [2.75, 3.05) is 12.8 Å². The quantitative estimate of drug-likeness (QED) is 0.736. The molecule has 0 saturated heterocycles. The molecule has 0 unspecified atom stereocenters. The number of rotatable bonds is 2. The van der Waals surface area contributed by atoms with Gasteiger partial charge in [-0.25, -0.2) is 4.68 Å². The molecule has 0 atom stereocenters. The molecular weight excluding hydrogens is 182 g/mol. The highest BCUT2D eigenvalue weighted by Crippen LogP contribution is 2.12. The van der Waals surface area contributed by atoms with Crippen molar-refractivity contribution in [3.05, 3.63) is 24.5 Å². The summed E-state index contributed by atoms with van der Waals surface area (Å²) in [7, 11) is 1.52. The standard InChI is InChI=1S/C8H9N5O/c1-14-7-5-6(11-8(9)12-7)13-4-2-3-10-13/h2-5H,1H3,(H2,9,11,12). The Morgan fingerprint density at radius 2 is 2.29 bits per heavy atom. The zero-order valence-electron chi connectivity index (χ0n) is 7.58. The Balaban J connectivity index is 2.48. The molecule has 6 nitrogen and oxygen atoms in total. The van der Waals surface area contributed by atoms with E-state index in [4.69, 9.17) is 10.5 Å². The molecule has 0 radical (unpaired) electrons. The summed E-state index contributed by atoms with van der Waals surface area (Å²) in [5.74, 6) is 1.16.